The number of hydrogen-bond acceptors (Lipinski definition) is 7. The van der Waals surface area contributed by atoms with E-state index in [1.54, 1.807) is 30.5 Å². The summed E-state index contributed by atoms with van der Waals surface area (Å²) in [5, 5.41) is 4.84. The minimum absolute atomic E-state index is 0.0198. The molecule has 2 aromatic carbocycles. The second-order valence-electron chi connectivity index (χ2n) is 9.32. The van der Waals surface area contributed by atoms with E-state index in [1.807, 2.05) is 4.90 Å². The summed E-state index contributed by atoms with van der Waals surface area (Å²) < 4.78 is 64.3. The Labute approximate surface area is 229 Å². The van der Waals surface area contributed by atoms with E-state index < -0.39 is 22.2 Å². The highest BCUT2D eigenvalue weighted by atomic mass is 35.5. The average molecular weight is 581 g/mol. The number of rotatable bonds is 8. The van der Waals surface area contributed by atoms with Crippen LogP contribution in [0.1, 0.15) is 25.7 Å². The molecule has 208 valence electrons. The van der Waals surface area contributed by atoms with Gasteiger partial charge in [-0.15, -0.1) is 0 Å². The fraction of sp³-hybridized carbons (Fsp3) is 0.385. The van der Waals surface area contributed by atoms with Gasteiger partial charge < -0.3 is 14.4 Å². The lowest BCUT2D eigenvalue weighted by atomic mass is 10.2. The number of alkyl halides is 2. The molecule has 0 N–H and O–H groups in total. The summed E-state index contributed by atoms with van der Waals surface area (Å²) in [6, 6.07) is 11.7. The van der Waals surface area contributed by atoms with Crippen LogP contribution in [-0.4, -0.2) is 61.4 Å². The molecule has 1 aliphatic heterocycles. The molecule has 0 atom stereocenters. The van der Waals surface area contributed by atoms with E-state index in [9.17, 15) is 22.0 Å². The highest BCUT2D eigenvalue weighted by Gasteiger charge is 2.31. The van der Waals surface area contributed by atoms with E-state index in [0.717, 1.165) is 25.7 Å². The number of halogens is 3. The van der Waals surface area contributed by atoms with Gasteiger partial charge in [0.15, 0.2) is 0 Å². The number of sulfonamides is 1. The molecule has 0 radical (unpaired) electrons. The molecule has 0 unspecified atom stereocenters. The Morgan fingerprint density at radius 2 is 1.69 bits per heavy atom. The molecular weight excluding hydrogens is 554 g/mol. The Morgan fingerprint density at radius 1 is 1.00 bits per heavy atom. The smallest absolute Gasteiger partial charge is 0.387 e. The largest absolute Gasteiger partial charge is 0.483 e. The number of nitrogens with zero attached hydrogens (tertiary/aromatic N) is 4. The van der Waals surface area contributed by atoms with Gasteiger partial charge in [-0.05, 0) is 68.1 Å². The van der Waals surface area contributed by atoms with Gasteiger partial charge in [0.05, 0.1) is 22.9 Å². The Bertz CT molecular complexity index is 1470. The molecule has 1 aliphatic carbocycles. The van der Waals surface area contributed by atoms with Crippen LogP contribution in [0.2, 0.25) is 5.02 Å². The zero-order valence-electron chi connectivity index (χ0n) is 20.9. The van der Waals surface area contributed by atoms with Crippen LogP contribution in [0, 0.1) is 0 Å². The summed E-state index contributed by atoms with van der Waals surface area (Å²) in [6.07, 6.45) is 5.25. The molecule has 0 bridgehead atoms. The minimum atomic E-state index is -3.86. The van der Waals surface area contributed by atoms with Crippen LogP contribution in [0.3, 0.4) is 0 Å². The third kappa shape index (κ3) is 6.02. The summed E-state index contributed by atoms with van der Waals surface area (Å²) in [6.45, 7) is -2.09. The number of anilines is 1. The molecule has 1 aromatic heterocycles. The van der Waals surface area contributed by atoms with Crippen molar-refractivity contribution in [2.75, 3.05) is 31.1 Å². The minimum Gasteiger partial charge on any atom is -0.483 e. The predicted molar refractivity (Wildman–Crippen MR) is 142 cm³/mol. The van der Waals surface area contributed by atoms with E-state index >= 15 is 0 Å². The highest BCUT2D eigenvalue weighted by Crippen LogP contribution is 2.31. The number of piperazine rings is 1. The zero-order chi connectivity index (χ0) is 27.6. The normalized spacial score (nSPS) is 17.1. The quantitative estimate of drug-likeness (QED) is 0.392. The summed E-state index contributed by atoms with van der Waals surface area (Å²) in [7, 11) is -3.86. The SMILES string of the molecule is O=c1c(OC2CCCC2)c(N2CCN(S(=O)(=O)c3ccc(OC(F)F)cc3)CC2)cnn1-c1cccc(Cl)c1. The summed E-state index contributed by atoms with van der Waals surface area (Å²) in [5.74, 6) is 0.0615. The molecule has 3 aromatic rings. The first-order valence-corrected chi connectivity index (χ1v) is 14.4. The van der Waals surface area contributed by atoms with Crippen LogP contribution < -0.4 is 19.9 Å². The van der Waals surface area contributed by atoms with Gasteiger partial charge in [0.1, 0.15) is 11.4 Å². The van der Waals surface area contributed by atoms with Gasteiger partial charge >= 0.3 is 12.2 Å². The van der Waals surface area contributed by atoms with Gasteiger partial charge in [-0.3, -0.25) is 4.79 Å². The fourth-order valence-corrected chi connectivity index (χ4v) is 6.45. The van der Waals surface area contributed by atoms with Crippen molar-refractivity contribution in [3.8, 4) is 17.2 Å². The molecule has 13 heteroatoms. The molecule has 2 aliphatic rings. The van der Waals surface area contributed by atoms with Gasteiger partial charge in [0.2, 0.25) is 15.8 Å². The molecular formula is C26H27ClF2N4O5S. The lowest BCUT2D eigenvalue weighted by Gasteiger charge is -2.36. The topological polar surface area (TPSA) is 94.0 Å². The van der Waals surface area contributed by atoms with Gasteiger partial charge in [0, 0.05) is 31.2 Å². The van der Waals surface area contributed by atoms with E-state index in [2.05, 4.69) is 9.84 Å². The lowest BCUT2D eigenvalue weighted by Crippen LogP contribution is -2.49. The second-order valence-corrected chi connectivity index (χ2v) is 11.7. The molecule has 39 heavy (non-hydrogen) atoms. The monoisotopic (exact) mass is 580 g/mol. The van der Waals surface area contributed by atoms with Crippen LogP contribution >= 0.6 is 11.6 Å². The van der Waals surface area contributed by atoms with Crippen LogP contribution in [0.4, 0.5) is 14.5 Å². The fourth-order valence-electron chi connectivity index (χ4n) is 4.84. The third-order valence-electron chi connectivity index (χ3n) is 6.82. The highest BCUT2D eigenvalue weighted by molar-refractivity contribution is 7.89. The molecule has 1 saturated carbocycles. The zero-order valence-corrected chi connectivity index (χ0v) is 22.5. The molecule has 5 rings (SSSR count). The van der Waals surface area contributed by atoms with E-state index in [0.29, 0.717) is 29.5 Å². The first-order chi connectivity index (χ1) is 18.7. The molecule has 2 fully saturated rings. The maximum absolute atomic E-state index is 13.6. The molecule has 2 heterocycles. The molecule has 0 amide bonds. The van der Waals surface area contributed by atoms with Crippen molar-refractivity contribution < 1.29 is 26.7 Å². The van der Waals surface area contributed by atoms with Crippen LogP contribution in [0.5, 0.6) is 11.5 Å². The summed E-state index contributed by atoms with van der Waals surface area (Å²) in [5.41, 5.74) is 0.606. The van der Waals surface area contributed by atoms with Gasteiger partial charge in [-0.25, -0.2) is 8.42 Å². The third-order valence-corrected chi connectivity index (χ3v) is 8.97. The predicted octanol–water partition coefficient (Wildman–Crippen LogP) is 4.32. The van der Waals surface area contributed by atoms with Crippen molar-refractivity contribution in [3.05, 3.63) is 70.1 Å². The lowest BCUT2D eigenvalue weighted by molar-refractivity contribution is -0.0498. The summed E-state index contributed by atoms with van der Waals surface area (Å²) in [4.78, 5) is 15.5. The number of benzene rings is 2. The number of ether oxygens (including phenoxy) is 2. The van der Waals surface area contributed by atoms with E-state index in [1.165, 1.54) is 33.3 Å². The molecule has 1 saturated heterocycles. The van der Waals surface area contributed by atoms with Gasteiger partial charge in [0.25, 0.3) is 0 Å². The van der Waals surface area contributed by atoms with Gasteiger partial charge in [-0.1, -0.05) is 17.7 Å². The molecule has 9 nitrogen and oxygen atoms in total. The van der Waals surface area contributed by atoms with Crippen LogP contribution in [0.15, 0.2) is 64.4 Å². The Balaban J connectivity index is 1.37. The first-order valence-electron chi connectivity index (χ1n) is 12.6. The van der Waals surface area contributed by atoms with Crippen molar-refractivity contribution in [3.63, 3.8) is 0 Å². The standard InChI is InChI=1S/C26H27ClF2N4O5S/c27-18-4-3-5-19(16-18)33-25(34)24(37-20-6-1-2-7-20)23(17-30-33)31-12-14-32(15-13-31)39(35,36)22-10-8-21(9-11-22)38-26(28)29/h3-5,8-11,16-17,20,26H,1-2,6-7,12-15H2. The number of aromatic nitrogens is 2. The van der Waals surface area contributed by atoms with Crippen molar-refractivity contribution in [2.24, 2.45) is 0 Å². The van der Waals surface area contributed by atoms with Crippen molar-refractivity contribution in [1.29, 1.82) is 0 Å². The Hall–Kier alpha value is -3.22. The van der Waals surface area contributed by atoms with Gasteiger partial charge in [-0.2, -0.15) is 22.9 Å². The van der Waals surface area contributed by atoms with E-state index in [4.69, 9.17) is 16.3 Å². The maximum Gasteiger partial charge on any atom is 0.387 e. The number of hydrogen-bond donors (Lipinski definition) is 0. The van der Waals surface area contributed by atoms with Crippen LogP contribution in [0.25, 0.3) is 5.69 Å². The van der Waals surface area contributed by atoms with Crippen molar-refractivity contribution in [1.82, 2.24) is 14.1 Å². The second kappa shape index (κ2) is 11.5. The van der Waals surface area contributed by atoms with E-state index in [-0.39, 0.29) is 35.6 Å². The Kier molecular flexibility index (Phi) is 8.06. The average Bonchev–Trinajstić information content (AvgIpc) is 3.43. The summed E-state index contributed by atoms with van der Waals surface area (Å²) >= 11 is 6.13. The van der Waals surface area contributed by atoms with Crippen molar-refractivity contribution in [2.45, 2.75) is 43.3 Å². The van der Waals surface area contributed by atoms with Crippen molar-refractivity contribution >= 4 is 27.3 Å². The Morgan fingerprint density at radius 3 is 2.33 bits per heavy atom. The molecule has 0 spiro atoms. The van der Waals surface area contributed by atoms with Crippen LogP contribution in [-0.2, 0) is 10.0 Å². The first kappa shape index (κ1) is 27.4. The maximum atomic E-state index is 13.6.